The van der Waals surface area contributed by atoms with Crippen molar-refractivity contribution in [2.75, 3.05) is 0 Å². The van der Waals surface area contributed by atoms with Gasteiger partial charge < -0.3 is 11.1 Å². The van der Waals surface area contributed by atoms with Crippen molar-refractivity contribution in [3.8, 4) is 0 Å². The van der Waals surface area contributed by atoms with E-state index in [2.05, 4.69) is 5.32 Å². The molecule has 118 valence electrons. The van der Waals surface area contributed by atoms with Crippen molar-refractivity contribution in [2.45, 2.75) is 39.2 Å². The Morgan fingerprint density at radius 2 is 1.86 bits per heavy atom. The number of nitrogens with two attached hydrogens (primary N) is 1. The SMILES string of the molecule is CC(C)(C)C(=O)NC1(C(N)=O)Cc2ccc([N+](=O)[O-])cc2C1. The van der Waals surface area contributed by atoms with Crippen LogP contribution >= 0.6 is 0 Å². The zero-order valence-corrected chi connectivity index (χ0v) is 12.8. The van der Waals surface area contributed by atoms with E-state index in [-0.39, 0.29) is 24.4 Å². The van der Waals surface area contributed by atoms with E-state index in [1.165, 1.54) is 12.1 Å². The fraction of sp³-hybridized carbons (Fsp3) is 0.467. The van der Waals surface area contributed by atoms with E-state index < -0.39 is 21.8 Å². The van der Waals surface area contributed by atoms with Crippen molar-refractivity contribution >= 4 is 17.5 Å². The van der Waals surface area contributed by atoms with Crippen LogP contribution in [0.3, 0.4) is 0 Å². The molecule has 0 aromatic heterocycles. The van der Waals surface area contributed by atoms with E-state index in [9.17, 15) is 19.7 Å². The number of nitrogens with zero attached hydrogens (tertiary/aromatic N) is 1. The summed E-state index contributed by atoms with van der Waals surface area (Å²) in [6.45, 7) is 5.22. The average Bonchev–Trinajstić information content (AvgIpc) is 2.75. The second-order valence-corrected chi connectivity index (χ2v) is 6.71. The lowest BCUT2D eigenvalue weighted by molar-refractivity contribution is -0.384. The maximum atomic E-state index is 12.2. The highest BCUT2D eigenvalue weighted by atomic mass is 16.6. The Balaban J connectivity index is 2.35. The van der Waals surface area contributed by atoms with Gasteiger partial charge in [-0.3, -0.25) is 19.7 Å². The fourth-order valence-corrected chi connectivity index (χ4v) is 2.50. The molecule has 7 nitrogen and oxygen atoms in total. The first-order valence-electron chi connectivity index (χ1n) is 6.94. The number of hydrogen-bond acceptors (Lipinski definition) is 4. The van der Waals surface area contributed by atoms with E-state index in [1.54, 1.807) is 26.8 Å². The van der Waals surface area contributed by atoms with Crippen LogP contribution in [0, 0.1) is 15.5 Å². The molecule has 0 fully saturated rings. The van der Waals surface area contributed by atoms with Gasteiger partial charge >= 0.3 is 0 Å². The molecule has 1 aromatic rings. The summed E-state index contributed by atoms with van der Waals surface area (Å²) in [4.78, 5) is 34.5. The average molecular weight is 305 g/mol. The Bertz CT molecular complexity index is 663. The Labute approximate surface area is 128 Å². The summed E-state index contributed by atoms with van der Waals surface area (Å²) in [5.74, 6) is -0.919. The number of benzene rings is 1. The van der Waals surface area contributed by atoms with Crippen molar-refractivity contribution in [2.24, 2.45) is 11.1 Å². The van der Waals surface area contributed by atoms with E-state index in [4.69, 9.17) is 5.73 Å². The second kappa shape index (κ2) is 5.08. The van der Waals surface area contributed by atoms with Crippen molar-refractivity contribution in [3.63, 3.8) is 0 Å². The number of amides is 2. The number of carbonyl (C=O) groups excluding carboxylic acids is 2. The van der Waals surface area contributed by atoms with Gasteiger partial charge in [0.05, 0.1) is 4.92 Å². The maximum absolute atomic E-state index is 12.2. The molecule has 0 spiro atoms. The fourth-order valence-electron chi connectivity index (χ4n) is 2.50. The van der Waals surface area contributed by atoms with Gasteiger partial charge in [0.15, 0.2) is 0 Å². The summed E-state index contributed by atoms with van der Waals surface area (Å²) in [5, 5.41) is 13.6. The van der Waals surface area contributed by atoms with Crippen LogP contribution in [0.1, 0.15) is 31.9 Å². The molecule has 1 aliphatic rings. The van der Waals surface area contributed by atoms with Crippen LogP contribution in [0.2, 0.25) is 0 Å². The molecule has 2 rings (SSSR count). The summed E-state index contributed by atoms with van der Waals surface area (Å²) in [6, 6.07) is 4.44. The van der Waals surface area contributed by atoms with Crippen LogP contribution in [0.5, 0.6) is 0 Å². The van der Waals surface area contributed by atoms with Gasteiger partial charge in [-0.2, -0.15) is 0 Å². The first-order chi connectivity index (χ1) is 10.0. The predicted octanol–water partition coefficient (Wildman–Crippen LogP) is 1.08. The molecule has 3 N–H and O–H groups in total. The van der Waals surface area contributed by atoms with Crippen LogP contribution in [0.4, 0.5) is 5.69 Å². The molecular weight excluding hydrogens is 286 g/mol. The van der Waals surface area contributed by atoms with Crippen LogP contribution < -0.4 is 11.1 Å². The van der Waals surface area contributed by atoms with Crippen LogP contribution in [0.25, 0.3) is 0 Å². The number of hydrogen-bond donors (Lipinski definition) is 2. The highest BCUT2D eigenvalue weighted by molar-refractivity contribution is 5.93. The monoisotopic (exact) mass is 305 g/mol. The van der Waals surface area contributed by atoms with Gasteiger partial charge in [0.1, 0.15) is 5.54 Å². The molecule has 0 aliphatic heterocycles. The third-order valence-corrected chi connectivity index (χ3v) is 3.89. The minimum atomic E-state index is -1.22. The van der Waals surface area contributed by atoms with Crippen LogP contribution in [-0.4, -0.2) is 22.3 Å². The van der Waals surface area contributed by atoms with Crippen molar-refractivity contribution in [3.05, 3.63) is 39.4 Å². The summed E-state index contributed by atoms with van der Waals surface area (Å²) in [5.41, 5.74) is 5.05. The smallest absolute Gasteiger partial charge is 0.269 e. The number of nitro groups is 1. The molecule has 0 saturated heterocycles. The summed E-state index contributed by atoms with van der Waals surface area (Å²) >= 11 is 0. The quantitative estimate of drug-likeness (QED) is 0.642. The topological polar surface area (TPSA) is 115 Å². The predicted molar refractivity (Wildman–Crippen MR) is 80.0 cm³/mol. The highest BCUT2D eigenvalue weighted by Gasteiger charge is 2.45. The Morgan fingerprint density at radius 3 is 2.36 bits per heavy atom. The standard InChI is InChI=1S/C15H19N3O4/c1-14(2,3)13(20)17-15(12(16)19)7-9-4-5-11(18(21)22)6-10(9)8-15/h4-6H,7-8H2,1-3H3,(H2,16,19)(H,17,20). The first-order valence-corrected chi connectivity index (χ1v) is 6.94. The lowest BCUT2D eigenvalue weighted by atomic mass is 9.89. The molecular formula is C15H19N3O4. The van der Waals surface area contributed by atoms with Gasteiger partial charge in [0.25, 0.3) is 5.69 Å². The summed E-state index contributed by atoms with van der Waals surface area (Å²) in [6.07, 6.45) is 0.415. The molecule has 0 radical (unpaired) electrons. The van der Waals surface area contributed by atoms with Crippen molar-refractivity contribution < 1.29 is 14.5 Å². The molecule has 1 aromatic carbocycles. The molecule has 0 heterocycles. The first kappa shape index (κ1) is 15.9. The molecule has 7 heteroatoms. The van der Waals surface area contributed by atoms with Gasteiger partial charge in [-0.15, -0.1) is 0 Å². The highest BCUT2D eigenvalue weighted by Crippen LogP contribution is 2.33. The van der Waals surface area contributed by atoms with Gasteiger partial charge in [-0.25, -0.2) is 0 Å². The zero-order chi connectivity index (χ0) is 16.7. The van der Waals surface area contributed by atoms with Crippen molar-refractivity contribution in [1.82, 2.24) is 5.32 Å². The molecule has 2 amide bonds. The molecule has 1 aliphatic carbocycles. The van der Waals surface area contributed by atoms with E-state index in [0.717, 1.165) is 5.56 Å². The number of rotatable bonds is 3. The number of primary amides is 1. The third-order valence-electron chi connectivity index (χ3n) is 3.89. The van der Waals surface area contributed by atoms with E-state index >= 15 is 0 Å². The van der Waals surface area contributed by atoms with Gasteiger partial charge in [-0.1, -0.05) is 26.8 Å². The van der Waals surface area contributed by atoms with Crippen LogP contribution in [-0.2, 0) is 22.4 Å². The van der Waals surface area contributed by atoms with Gasteiger partial charge in [-0.05, 0) is 11.1 Å². The van der Waals surface area contributed by atoms with Gasteiger partial charge in [0.2, 0.25) is 11.8 Å². The molecule has 0 bridgehead atoms. The number of fused-ring (bicyclic) bond motifs is 1. The van der Waals surface area contributed by atoms with E-state index in [1.807, 2.05) is 0 Å². The molecule has 22 heavy (non-hydrogen) atoms. The number of non-ortho nitro benzene ring substituents is 1. The summed E-state index contributed by atoms with van der Waals surface area (Å²) in [7, 11) is 0. The van der Waals surface area contributed by atoms with Crippen molar-refractivity contribution in [1.29, 1.82) is 0 Å². The second-order valence-electron chi connectivity index (χ2n) is 6.71. The molecule has 1 unspecified atom stereocenters. The lowest BCUT2D eigenvalue weighted by Gasteiger charge is -2.30. The van der Waals surface area contributed by atoms with Gasteiger partial charge in [0, 0.05) is 30.4 Å². The lowest BCUT2D eigenvalue weighted by Crippen LogP contribution is -2.60. The Morgan fingerprint density at radius 1 is 1.27 bits per heavy atom. The number of nitro benzene ring substituents is 1. The molecule has 0 saturated carbocycles. The maximum Gasteiger partial charge on any atom is 0.269 e. The Hall–Kier alpha value is -2.44. The normalized spacial score (nSPS) is 20.3. The minimum Gasteiger partial charge on any atom is -0.368 e. The Kier molecular flexibility index (Phi) is 3.68. The number of nitrogens with one attached hydrogen (secondary N) is 1. The van der Waals surface area contributed by atoms with E-state index in [0.29, 0.717) is 5.56 Å². The molecule has 1 atom stereocenters. The third kappa shape index (κ3) is 2.79. The number of carbonyl (C=O) groups is 2. The largest absolute Gasteiger partial charge is 0.368 e. The minimum absolute atomic E-state index is 0.0406. The summed E-state index contributed by atoms with van der Waals surface area (Å²) < 4.78 is 0. The zero-order valence-electron chi connectivity index (χ0n) is 12.8. The van der Waals surface area contributed by atoms with Crippen LogP contribution in [0.15, 0.2) is 18.2 Å².